The van der Waals surface area contributed by atoms with Crippen molar-refractivity contribution in [2.24, 2.45) is 5.92 Å². The maximum absolute atomic E-state index is 9.37. The van der Waals surface area contributed by atoms with Crippen LogP contribution in [-0.4, -0.2) is 42.8 Å². The molecule has 0 aromatic rings. The molecule has 1 aliphatic heterocycles. The molecule has 0 amide bonds. The van der Waals surface area contributed by atoms with Crippen LogP contribution in [0.25, 0.3) is 0 Å². The maximum atomic E-state index is 9.37. The smallest absolute Gasteiger partial charge is 0.162 e. The first-order valence-corrected chi connectivity index (χ1v) is 6.75. The Balaban J connectivity index is 1.80. The van der Waals surface area contributed by atoms with Gasteiger partial charge in [0.1, 0.15) is 0 Å². The van der Waals surface area contributed by atoms with Gasteiger partial charge in [0.25, 0.3) is 0 Å². The van der Waals surface area contributed by atoms with E-state index in [4.69, 9.17) is 9.47 Å². The molecule has 2 unspecified atom stereocenters. The lowest BCUT2D eigenvalue weighted by Gasteiger charge is -2.39. The summed E-state index contributed by atoms with van der Waals surface area (Å²) in [5, 5.41) is 13.0. The van der Waals surface area contributed by atoms with Gasteiger partial charge in [0, 0.05) is 12.6 Å². The van der Waals surface area contributed by atoms with Crippen LogP contribution >= 0.6 is 0 Å². The van der Waals surface area contributed by atoms with Crippen LogP contribution < -0.4 is 5.32 Å². The van der Waals surface area contributed by atoms with Crippen molar-refractivity contribution in [2.75, 3.05) is 19.8 Å². The summed E-state index contributed by atoms with van der Waals surface area (Å²) >= 11 is 0. The van der Waals surface area contributed by atoms with Gasteiger partial charge in [0.15, 0.2) is 5.79 Å². The number of rotatable bonds is 3. The Labute approximate surface area is 104 Å². The number of aliphatic hydroxyl groups is 1. The maximum Gasteiger partial charge on any atom is 0.162 e. The number of hydrogen-bond donors (Lipinski definition) is 2. The zero-order chi connectivity index (χ0) is 12.3. The summed E-state index contributed by atoms with van der Waals surface area (Å²) in [7, 11) is 0. The predicted octanol–water partition coefficient (Wildman–Crippen LogP) is 1.28. The zero-order valence-corrected chi connectivity index (χ0v) is 10.9. The monoisotopic (exact) mass is 243 g/mol. The number of ether oxygens (including phenoxy) is 2. The van der Waals surface area contributed by atoms with Crippen molar-refractivity contribution < 1.29 is 14.6 Å². The molecule has 2 rings (SSSR count). The van der Waals surface area contributed by atoms with Gasteiger partial charge in [-0.15, -0.1) is 0 Å². The molecule has 1 aliphatic carbocycles. The highest BCUT2D eigenvalue weighted by molar-refractivity contribution is 4.85. The molecule has 2 aliphatic rings. The molecule has 4 heteroatoms. The van der Waals surface area contributed by atoms with Gasteiger partial charge in [-0.05, 0) is 32.6 Å². The van der Waals surface area contributed by atoms with E-state index in [1.165, 1.54) is 12.8 Å². The van der Waals surface area contributed by atoms with Gasteiger partial charge < -0.3 is 19.9 Å². The van der Waals surface area contributed by atoms with Gasteiger partial charge >= 0.3 is 0 Å². The highest BCUT2D eigenvalue weighted by atomic mass is 16.7. The minimum Gasteiger partial charge on any atom is -0.396 e. The minimum absolute atomic E-state index is 0.264. The van der Waals surface area contributed by atoms with Crippen LogP contribution in [0.2, 0.25) is 0 Å². The molecule has 1 heterocycles. The summed E-state index contributed by atoms with van der Waals surface area (Å²) in [6.45, 7) is 5.57. The molecule has 17 heavy (non-hydrogen) atoms. The minimum atomic E-state index is -0.443. The molecule has 0 bridgehead atoms. The summed E-state index contributed by atoms with van der Waals surface area (Å²) in [6.07, 6.45) is 4.79. The standard InChI is InChI=1S/C13H25NO3/c1-13(2)16-8-11(9-17-13)14-12-6-4-3-5-10(12)7-15/h10-12,14-15H,3-9H2,1-2H3. The van der Waals surface area contributed by atoms with Crippen LogP contribution in [0.5, 0.6) is 0 Å². The lowest BCUT2D eigenvalue weighted by molar-refractivity contribution is -0.254. The van der Waals surface area contributed by atoms with Crippen LogP contribution in [-0.2, 0) is 9.47 Å². The summed E-state index contributed by atoms with van der Waals surface area (Å²) in [6, 6.07) is 0.687. The first-order chi connectivity index (χ1) is 8.11. The normalized spacial score (nSPS) is 34.8. The average Bonchev–Trinajstić information content (AvgIpc) is 2.32. The van der Waals surface area contributed by atoms with Crippen LogP contribution in [0.15, 0.2) is 0 Å². The van der Waals surface area contributed by atoms with Crippen molar-refractivity contribution in [1.82, 2.24) is 5.32 Å². The highest BCUT2D eigenvalue weighted by Crippen LogP contribution is 2.25. The van der Waals surface area contributed by atoms with Crippen molar-refractivity contribution in [3.8, 4) is 0 Å². The fourth-order valence-corrected chi connectivity index (χ4v) is 2.74. The predicted molar refractivity (Wildman–Crippen MR) is 65.7 cm³/mol. The molecule has 2 fully saturated rings. The molecule has 100 valence electrons. The van der Waals surface area contributed by atoms with Crippen LogP contribution in [0.3, 0.4) is 0 Å². The molecule has 0 radical (unpaired) electrons. The van der Waals surface area contributed by atoms with Gasteiger partial charge in [-0.3, -0.25) is 0 Å². The van der Waals surface area contributed by atoms with Crippen LogP contribution in [0.4, 0.5) is 0 Å². The molecule has 2 N–H and O–H groups in total. The Morgan fingerprint density at radius 1 is 1.18 bits per heavy atom. The Bertz CT molecular complexity index is 235. The SMILES string of the molecule is CC1(C)OCC(NC2CCCCC2CO)CO1. The fourth-order valence-electron chi connectivity index (χ4n) is 2.74. The summed E-state index contributed by atoms with van der Waals surface area (Å²) in [4.78, 5) is 0. The van der Waals surface area contributed by atoms with Crippen molar-refractivity contribution in [3.05, 3.63) is 0 Å². The molecule has 4 nitrogen and oxygen atoms in total. The van der Waals surface area contributed by atoms with Gasteiger partial charge in [-0.2, -0.15) is 0 Å². The molecule has 1 saturated carbocycles. The van der Waals surface area contributed by atoms with E-state index in [1.807, 2.05) is 13.8 Å². The quantitative estimate of drug-likeness (QED) is 0.784. The van der Waals surface area contributed by atoms with Crippen LogP contribution in [0.1, 0.15) is 39.5 Å². The van der Waals surface area contributed by atoms with Crippen molar-refractivity contribution in [2.45, 2.75) is 57.4 Å². The van der Waals surface area contributed by atoms with Gasteiger partial charge in [0.2, 0.25) is 0 Å². The Morgan fingerprint density at radius 2 is 1.82 bits per heavy atom. The van der Waals surface area contributed by atoms with Crippen molar-refractivity contribution >= 4 is 0 Å². The Hall–Kier alpha value is -0.160. The molecular weight excluding hydrogens is 218 g/mol. The number of hydrogen-bond acceptors (Lipinski definition) is 4. The average molecular weight is 243 g/mol. The third kappa shape index (κ3) is 3.65. The van der Waals surface area contributed by atoms with E-state index in [1.54, 1.807) is 0 Å². The third-order valence-electron chi connectivity index (χ3n) is 3.86. The molecule has 2 atom stereocenters. The second-order valence-electron chi connectivity index (χ2n) is 5.72. The van der Waals surface area contributed by atoms with E-state index in [2.05, 4.69) is 5.32 Å². The Kier molecular flexibility index (Phi) is 4.42. The van der Waals surface area contributed by atoms with Gasteiger partial charge in [0.05, 0.1) is 19.3 Å². The van der Waals surface area contributed by atoms with Gasteiger partial charge in [-0.25, -0.2) is 0 Å². The summed E-state index contributed by atoms with van der Waals surface area (Å²) in [5.41, 5.74) is 0. The second-order valence-corrected chi connectivity index (χ2v) is 5.72. The summed E-state index contributed by atoms with van der Waals surface area (Å²) in [5.74, 6) is -0.0418. The molecular formula is C13H25NO3. The third-order valence-corrected chi connectivity index (χ3v) is 3.86. The first kappa shape index (κ1) is 13.3. The topological polar surface area (TPSA) is 50.7 Å². The van der Waals surface area contributed by atoms with E-state index in [9.17, 15) is 5.11 Å². The largest absolute Gasteiger partial charge is 0.396 e. The lowest BCUT2D eigenvalue weighted by Crippen LogP contribution is -2.54. The lowest BCUT2D eigenvalue weighted by atomic mass is 9.84. The second kappa shape index (κ2) is 5.65. The molecule has 0 spiro atoms. The van der Waals surface area contributed by atoms with Crippen molar-refractivity contribution in [3.63, 3.8) is 0 Å². The molecule has 0 aromatic heterocycles. The van der Waals surface area contributed by atoms with E-state index in [-0.39, 0.29) is 12.6 Å². The highest BCUT2D eigenvalue weighted by Gasteiger charge is 2.32. The van der Waals surface area contributed by atoms with Crippen LogP contribution in [0, 0.1) is 5.92 Å². The zero-order valence-electron chi connectivity index (χ0n) is 10.9. The van der Waals surface area contributed by atoms with E-state index in [0.717, 1.165) is 12.8 Å². The molecule has 1 saturated heterocycles. The van der Waals surface area contributed by atoms with Crippen molar-refractivity contribution in [1.29, 1.82) is 0 Å². The summed E-state index contributed by atoms with van der Waals surface area (Å²) < 4.78 is 11.3. The fraction of sp³-hybridized carbons (Fsp3) is 1.00. The number of nitrogens with one attached hydrogen (secondary N) is 1. The van der Waals surface area contributed by atoms with E-state index < -0.39 is 5.79 Å². The molecule has 0 aromatic carbocycles. The Morgan fingerprint density at radius 3 is 2.47 bits per heavy atom. The van der Waals surface area contributed by atoms with Gasteiger partial charge in [-0.1, -0.05) is 12.8 Å². The van der Waals surface area contributed by atoms with E-state index >= 15 is 0 Å². The first-order valence-electron chi connectivity index (χ1n) is 6.75. The van der Waals surface area contributed by atoms with E-state index in [0.29, 0.717) is 25.2 Å². The number of aliphatic hydroxyl groups excluding tert-OH is 1.